The molecule has 0 aromatic heterocycles. The van der Waals surface area contributed by atoms with Crippen molar-refractivity contribution in [1.82, 2.24) is 10.2 Å². The summed E-state index contributed by atoms with van der Waals surface area (Å²) in [5, 5.41) is 23.3. The van der Waals surface area contributed by atoms with Crippen LogP contribution in [0.25, 0.3) is 0 Å². The average molecular weight is 281 g/mol. The highest BCUT2D eigenvalue weighted by Gasteiger charge is 2.11. The molecule has 1 aromatic rings. The fraction of sp³-hybridized carbons (Fsp3) is 0.462. The van der Waals surface area contributed by atoms with E-state index in [1.165, 1.54) is 24.3 Å². The molecule has 1 atom stereocenters. The quantitative estimate of drug-likeness (QED) is 0.566. The maximum Gasteiger partial charge on any atom is 0.269 e. The van der Waals surface area contributed by atoms with Gasteiger partial charge in [-0.25, -0.2) is 0 Å². The number of nitro benzene ring substituents is 1. The lowest BCUT2D eigenvalue weighted by atomic mass is 10.1. The van der Waals surface area contributed by atoms with E-state index in [2.05, 4.69) is 5.32 Å². The van der Waals surface area contributed by atoms with Gasteiger partial charge in [-0.1, -0.05) is 0 Å². The second-order valence-corrected chi connectivity index (χ2v) is 4.40. The molecule has 1 amide bonds. The van der Waals surface area contributed by atoms with Crippen molar-refractivity contribution in [3.8, 4) is 0 Å². The van der Waals surface area contributed by atoms with Crippen LogP contribution in [0.15, 0.2) is 24.3 Å². The molecule has 7 heteroatoms. The van der Waals surface area contributed by atoms with Gasteiger partial charge in [0.05, 0.1) is 17.6 Å². The predicted molar refractivity (Wildman–Crippen MR) is 74.2 cm³/mol. The molecule has 0 aliphatic carbocycles. The number of non-ortho nitro benzene ring substituents is 1. The number of benzene rings is 1. The van der Waals surface area contributed by atoms with Gasteiger partial charge in [0.2, 0.25) is 5.91 Å². The molecule has 20 heavy (non-hydrogen) atoms. The fourth-order valence-electron chi connectivity index (χ4n) is 1.56. The highest BCUT2D eigenvalue weighted by atomic mass is 16.6. The number of nitrogens with zero attached hydrogens (tertiary/aromatic N) is 2. The molecule has 0 aliphatic heterocycles. The highest BCUT2D eigenvalue weighted by Crippen LogP contribution is 2.17. The Morgan fingerprint density at radius 1 is 1.45 bits per heavy atom. The zero-order valence-electron chi connectivity index (χ0n) is 11.6. The number of aliphatic hydroxyl groups excluding tert-OH is 1. The van der Waals surface area contributed by atoms with Crippen LogP contribution in [0.4, 0.5) is 5.69 Å². The van der Waals surface area contributed by atoms with Crippen molar-refractivity contribution in [2.24, 2.45) is 0 Å². The third-order valence-electron chi connectivity index (χ3n) is 3.00. The van der Waals surface area contributed by atoms with Crippen LogP contribution >= 0.6 is 0 Å². The molecule has 7 nitrogen and oxygen atoms in total. The van der Waals surface area contributed by atoms with E-state index in [4.69, 9.17) is 0 Å². The third kappa shape index (κ3) is 4.60. The Bertz CT molecular complexity index is 461. The van der Waals surface area contributed by atoms with E-state index in [1.807, 2.05) is 6.92 Å². The van der Waals surface area contributed by atoms with Gasteiger partial charge in [-0.3, -0.25) is 14.9 Å². The molecule has 2 N–H and O–H groups in total. The van der Waals surface area contributed by atoms with Gasteiger partial charge in [0, 0.05) is 32.3 Å². The standard InChI is InChI=1S/C13H19N3O4/c1-3-15(2)13(18)9-14-8-12(17)10-4-6-11(7-5-10)16(19)20/h4-7,12,14,17H,3,8-9H2,1-2H3. The smallest absolute Gasteiger partial charge is 0.269 e. The number of aliphatic hydroxyl groups is 1. The zero-order valence-corrected chi connectivity index (χ0v) is 11.6. The molecular formula is C13H19N3O4. The first-order chi connectivity index (χ1) is 9.45. The van der Waals surface area contributed by atoms with Gasteiger partial charge >= 0.3 is 0 Å². The van der Waals surface area contributed by atoms with Crippen molar-refractivity contribution in [3.05, 3.63) is 39.9 Å². The summed E-state index contributed by atoms with van der Waals surface area (Å²) in [5.41, 5.74) is 0.549. The number of hydrogen-bond acceptors (Lipinski definition) is 5. The molecule has 1 rings (SSSR count). The van der Waals surface area contributed by atoms with E-state index in [-0.39, 0.29) is 24.7 Å². The molecule has 0 fully saturated rings. The number of likely N-dealkylation sites (N-methyl/N-ethyl adjacent to an activating group) is 1. The van der Waals surface area contributed by atoms with Crippen LogP contribution in [0.3, 0.4) is 0 Å². The number of amides is 1. The zero-order chi connectivity index (χ0) is 15.1. The molecular weight excluding hydrogens is 262 g/mol. The number of nitrogens with one attached hydrogen (secondary N) is 1. The molecule has 0 saturated carbocycles. The van der Waals surface area contributed by atoms with Crippen molar-refractivity contribution >= 4 is 11.6 Å². The van der Waals surface area contributed by atoms with Crippen LogP contribution in [-0.4, -0.2) is 47.5 Å². The summed E-state index contributed by atoms with van der Waals surface area (Å²) in [6, 6.07) is 5.69. The summed E-state index contributed by atoms with van der Waals surface area (Å²) in [5.74, 6) is -0.0524. The van der Waals surface area contributed by atoms with Crippen LogP contribution in [0.5, 0.6) is 0 Å². The summed E-state index contributed by atoms with van der Waals surface area (Å²) in [7, 11) is 1.71. The van der Waals surface area contributed by atoms with E-state index in [9.17, 15) is 20.0 Å². The maximum atomic E-state index is 11.5. The van der Waals surface area contributed by atoms with Crippen molar-refractivity contribution in [2.45, 2.75) is 13.0 Å². The molecule has 0 heterocycles. The van der Waals surface area contributed by atoms with E-state index in [0.29, 0.717) is 12.1 Å². The molecule has 1 aromatic carbocycles. The van der Waals surface area contributed by atoms with Crippen molar-refractivity contribution < 1.29 is 14.8 Å². The SMILES string of the molecule is CCN(C)C(=O)CNCC(O)c1ccc([N+](=O)[O-])cc1. The Morgan fingerprint density at radius 3 is 2.55 bits per heavy atom. The minimum atomic E-state index is -0.810. The van der Waals surface area contributed by atoms with E-state index in [0.717, 1.165) is 0 Å². The number of carbonyl (C=O) groups is 1. The number of hydrogen-bond donors (Lipinski definition) is 2. The predicted octanol–water partition coefficient (Wildman–Crippen LogP) is 0.696. The van der Waals surface area contributed by atoms with Gasteiger partial charge in [-0.2, -0.15) is 0 Å². The van der Waals surface area contributed by atoms with Gasteiger partial charge in [0.15, 0.2) is 0 Å². The normalized spacial score (nSPS) is 11.9. The molecule has 1 unspecified atom stereocenters. The van der Waals surface area contributed by atoms with E-state index in [1.54, 1.807) is 11.9 Å². The Hall–Kier alpha value is -1.99. The van der Waals surface area contributed by atoms with Crippen molar-refractivity contribution in [1.29, 1.82) is 0 Å². The van der Waals surface area contributed by atoms with Gasteiger partial charge in [0.1, 0.15) is 0 Å². The Kier molecular flexibility index (Phi) is 6.08. The minimum absolute atomic E-state index is 0.0198. The first-order valence-electron chi connectivity index (χ1n) is 6.32. The van der Waals surface area contributed by atoms with Gasteiger partial charge in [0.25, 0.3) is 5.69 Å². The first-order valence-corrected chi connectivity index (χ1v) is 6.32. The van der Waals surface area contributed by atoms with Crippen LogP contribution in [-0.2, 0) is 4.79 Å². The second kappa shape index (κ2) is 7.56. The van der Waals surface area contributed by atoms with Crippen LogP contribution < -0.4 is 5.32 Å². The van der Waals surface area contributed by atoms with Gasteiger partial charge in [-0.15, -0.1) is 0 Å². The van der Waals surface area contributed by atoms with Crippen LogP contribution in [0.1, 0.15) is 18.6 Å². The van der Waals surface area contributed by atoms with Crippen molar-refractivity contribution in [2.75, 3.05) is 26.7 Å². The number of nitro groups is 1. The molecule has 110 valence electrons. The summed E-state index contributed by atoms with van der Waals surface area (Å²) in [6.45, 7) is 2.87. The van der Waals surface area contributed by atoms with E-state index < -0.39 is 11.0 Å². The largest absolute Gasteiger partial charge is 0.387 e. The molecule has 0 saturated heterocycles. The first kappa shape index (κ1) is 16.1. The monoisotopic (exact) mass is 281 g/mol. The van der Waals surface area contributed by atoms with Crippen molar-refractivity contribution in [3.63, 3.8) is 0 Å². The molecule has 0 spiro atoms. The number of carbonyl (C=O) groups excluding carboxylic acids is 1. The van der Waals surface area contributed by atoms with Crippen LogP contribution in [0, 0.1) is 10.1 Å². The Morgan fingerprint density at radius 2 is 2.05 bits per heavy atom. The van der Waals surface area contributed by atoms with Crippen LogP contribution in [0.2, 0.25) is 0 Å². The fourth-order valence-corrected chi connectivity index (χ4v) is 1.56. The average Bonchev–Trinajstić information content (AvgIpc) is 2.46. The number of rotatable bonds is 7. The summed E-state index contributed by atoms with van der Waals surface area (Å²) < 4.78 is 0. The lowest BCUT2D eigenvalue weighted by Crippen LogP contribution is -2.36. The lowest BCUT2D eigenvalue weighted by Gasteiger charge is -2.16. The second-order valence-electron chi connectivity index (χ2n) is 4.40. The minimum Gasteiger partial charge on any atom is -0.387 e. The lowest BCUT2D eigenvalue weighted by molar-refractivity contribution is -0.384. The molecule has 0 aliphatic rings. The molecule has 0 radical (unpaired) electrons. The topological polar surface area (TPSA) is 95.7 Å². The Balaban J connectivity index is 2.45. The van der Waals surface area contributed by atoms with Gasteiger partial charge < -0.3 is 15.3 Å². The summed E-state index contributed by atoms with van der Waals surface area (Å²) >= 11 is 0. The summed E-state index contributed by atoms with van der Waals surface area (Å²) in [6.07, 6.45) is -0.810. The molecule has 0 bridgehead atoms. The maximum absolute atomic E-state index is 11.5. The third-order valence-corrected chi connectivity index (χ3v) is 3.00. The van der Waals surface area contributed by atoms with E-state index >= 15 is 0 Å². The van der Waals surface area contributed by atoms with Gasteiger partial charge in [-0.05, 0) is 24.6 Å². The highest BCUT2D eigenvalue weighted by molar-refractivity contribution is 5.77. The summed E-state index contributed by atoms with van der Waals surface area (Å²) in [4.78, 5) is 23.1. The Labute approximate surface area is 117 Å².